The minimum absolute atomic E-state index is 0.0301. The third-order valence-electron chi connectivity index (χ3n) is 11.9. The van der Waals surface area contributed by atoms with Crippen molar-refractivity contribution in [2.24, 2.45) is 0 Å². The summed E-state index contributed by atoms with van der Waals surface area (Å²) in [7, 11) is 2.19. The highest BCUT2D eigenvalue weighted by Crippen LogP contribution is 2.25. The molecule has 0 saturated carbocycles. The van der Waals surface area contributed by atoms with Crippen molar-refractivity contribution in [2.45, 2.75) is 164 Å². The number of carbonyl (C=O) groups excluding carboxylic acids is 1. The number of nitrogens with one attached hydrogen (secondary N) is 1. The molecular weight excluding hydrogens is 796 g/mol. The Labute approximate surface area is 379 Å². The van der Waals surface area contributed by atoms with Crippen LogP contribution < -0.4 is 5.32 Å². The quantitative estimate of drug-likeness (QED) is 0.254. The molecule has 62 heavy (non-hydrogen) atoms. The summed E-state index contributed by atoms with van der Waals surface area (Å²) in [5.41, 5.74) is 0.795. The molecule has 5 saturated heterocycles. The number of likely N-dealkylation sites (N-methyl/N-ethyl adjacent to an activating group) is 1. The van der Waals surface area contributed by atoms with E-state index in [1.54, 1.807) is 4.90 Å². The lowest BCUT2D eigenvalue weighted by Crippen LogP contribution is -2.56. The zero-order chi connectivity index (χ0) is 48.0. The number of halogens is 3. The van der Waals surface area contributed by atoms with Gasteiger partial charge in [-0.05, 0) is 132 Å². The molecule has 0 aromatic heterocycles. The van der Waals surface area contributed by atoms with E-state index in [0.717, 1.165) is 65.6 Å². The minimum atomic E-state index is -4.16. The lowest BCUT2D eigenvalue weighted by atomic mass is 10.1. The van der Waals surface area contributed by atoms with Crippen LogP contribution in [0.2, 0.25) is 0 Å². The van der Waals surface area contributed by atoms with E-state index >= 15 is 0 Å². The summed E-state index contributed by atoms with van der Waals surface area (Å²) in [6.07, 6.45) is -4.35. The molecule has 0 atom stereocenters. The van der Waals surface area contributed by atoms with E-state index in [1.165, 1.54) is 39.3 Å². The van der Waals surface area contributed by atoms with Crippen LogP contribution in [0.5, 0.6) is 0 Å². The smallest absolute Gasteiger partial charge is 0.444 e. The SMILES string of the molecule is CC(C)(C)N1CCN(C(F)(F)F)CC1.CC(C)(C)N1CCNCC1.CC(C)(C)N1CCOCC1.CC(C)(C)OC(=O)N1CCN(C(C)(C)C)CC1.CN1CCN(C(C)(C)C)CC1. The van der Waals surface area contributed by atoms with E-state index in [0.29, 0.717) is 34.6 Å². The first kappa shape index (κ1) is 58.7. The Hall–Kier alpha value is -1.30. The van der Waals surface area contributed by atoms with E-state index in [4.69, 9.17) is 9.47 Å². The van der Waals surface area contributed by atoms with Gasteiger partial charge in [-0.25, -0.2) is 9.69 Å². The summed E-state index contributed by atoms with van der Waals surface area (Å²) in [6.45, 7) is 56.9. The Morgan fingerprint density at radius 2 is 0.726 bits per heavy atom. The van der Waals surface area contributed by atoms with Crippen LogP contribution >= 0.6 is 0 Å². The van der Waals surface area contributed by atoms with Gasteiger partial charge >= 0.3 is 12.4 Å². The van der Waals surface area contributed by atoms with Crippen LogP contribution in [0.4, 0.5) is 18.0 Å². The van der Waals surface area contributed by atoms with Crippen LogP contribution in [-0.4, -0.2) is 223 Å². The fraction of sp³-hybridized carbons (Fsp3) is 0.979. The molecule has 5 heterocycles. The van der Waals surface area contributed by atoms with Crippen molar-refractivity contribution in [3.05, 3.63) is 0 Å². The first-order valence-corrected chi connectivity index (χ1v) is 23.5. The summed E-state index contributed by atoms with van der Waals surface area (Å²) in [5, 5.41) is 3.35. The Morgan fingerprint density at radius 3 is 1.02 bits per heavy atom. The van der Waals surface area contributed by atoms with Gasteiger partial charge in [0.2, 0.25) is 0 Å². The molecule has 0 spiro atoms. The average Bonchev–Trinajstić information content (AvgIpc) is 3.14. The van der Waals surface area contributed by atoms with Crippen molar-refractivity contribution in [2.75, 3.05) is 138 Å². The summed E-state index contributed by atoms with van der Waals surface area (Å²) < 4.78 is 47.4. The van der Waals surface area contributed by atoms with Crippen LogP contribution in [0.25, 0.3) is 0 Å². The van der Waals surface area contributed by atoms with E-state index in [2.05, 4.69) is 125 Å². The van der Waals surface area contributed by atoms with Gasteiger partial charge in [0, 0.05) is 146 Å². The Morgan fingerprint density at radius 1 is 0.435 bits per heavy atom. The molecule has 5 rings (SSSR count). The van der Waals surface area contributed by atoms with Crippen molar-refractivity contribution in [1.82, 2.24) is 44.5 Å². The topological polar surface area (TPSA) is 73.5 Å². The molecule has 5 fully saturated rings. The molecular formula is C47H98F3N9O3. The lowest BCUT2D eigenvalue weighted by Gasteiger charge is -2.42. The van der Waals surface area contributed by atoms with E-state index < -0.39 is 11.9 Å². The number of amides is 1. The van der Waals surface area contributed by atoms with Crippen molar-refractivity contribution in [3.63, 3.8) is 0 Å². The number of hydrogen-bond acceptors (Lipinski definition) is 11. The standard InChI is InChI=1S/C13H26N2O2.C9H17F3N2.C9H20N2.C8H18N2.C8H17NO/c1-12(2,3)15-9-7-14(8-10-15)11(16)17-13(4,5)6;1-8(2,3)13-4-6-14(7-5-13)9(10,11)12;1-9(2,3)11-7-5-10(4)6-8-11;1-8(2,3)10-6-4-9-5-7-10;1-8(2,3)9-4-6-10-7-5-9/h7-10H2,1-6H3;4-7H2,1-3H3;5-8H2,1-4H3;9H,4-7H2,1-3H3;4-7H2,1-3H3. The van der Waals surface area contributed by atoms with Gasteiger partial charge in [0.1, 0.15) is 5.60 Å². The molecule has 0 aromatic carbocycles. The first-order chi connectivity index (χ1) is 28.0. The summed E-state index contributed by atoms with van der Waals surface area (Å²) >= 11 is 0. The second kappa shape index (κ2) is 25.0. The molecule has 12 nitrogen and oxygen atoms in total. The summed E-state index contributed by atoms with van der Waals surface area (Å²) in [5.74, 6) is 0. The highest BCUT2D eigenvalue weighted by molar-refractivity contribution is 5.68. The fourth-order valence-electron chi connectivity index (χ4n) is 7.56. The Bertz CT molecular complexity index is 1160. The molecule has 0 bridgehead atoms. The number of morpholine rings is 1. The number of hydrogen-bond donors (Lipinski definition) is 1. The van der Waals surface area contributed by atoms with Gasteiger partial charge in [-0.15, -0.1) is 0 Å². The third kappa shape index (κ3) is 24.3. The van der Waals surface area contributed by atoms with Crippen molar-refractivity contribution >= 4 is 6.09 Å². The molecule has 1 amide bonds. The van der Waals surface area contributed by atoms with Gasteiger partial charge in [-0.1, -0.05) is 0 Å². The zero-order valence-corrected chi connectivity index (χ0v) is 43.6. The number of rotatable bonds is 0. The maximum Gasteiger partial charge on any atom is 0.460 e. The molecule has 15 heteroatoms. The monoisotopic (exact) mass is 894 g/mol. The third-order valence-corrected chi connectivity index (χ3v) is 11.9. The van der Waals surface area contributed by atoms with Gasteiger partial charge in [0.25, 0.3) is 0 Å². The normalized spacial score (nSPS) is 22.1. The molecule has 0 aromatic rings. The highest BCUT2D eigenvalue weighted by Gasteiger charge is 2.40. The summed E-state index contributed by atoms with van der Waals surface area (Å²) in [4.78, 5) is 28.6. The molecule has 370 valence electrons. The van der Waals surface area contributed by atoms with Gasteiger partial charge in [0.05, 0.1) is 13.2 Å². The predicted molar refractivity (Wildman–Crippen MR) is 253 cm³/mol. The van der Waals surface area contributed by atoms with Crippen molar-refractivity contribution < 1.29 is 27.4 Å². The van der Waals surface area contributed by atoms with Crippen LogP contribution in [0, 0.1) is 0 Å². The van der Waals surface area contributed by atoms with Crippen LogP contribution in [0.1, 0.15) is 125 Å². The maximum atomic E-state index is 12.3. The molecule has 0 radical (unpaired) electrons. The van der Waals surface area contributed by atoms with Crippen LogP contribution in [-0.2, 0) is 9.47 Å². The lowest BCUT2D eigenvalue weighted by molar-refractivity contribution is -0.254. The van der Waals surface area contributed by atoms with Gasteiger partial charge in [-0.3, -0.25) is 24.5 Å². The van der Waals surface area contributed by atoms with Crippen LogP contribution in [0.15, 0.2) is 0 Å². The van der Waals surface area contributed by atoms with Crippen LogP contribution in [0.3, 0.4) is 0 Å². The first-order valence-electron chi connectivity index (χ1n) is 23.5. The Balaban J connectivity index is 0.000000394. The number of ether oxygens (including phenoxy) is 2. The maximum absolute atomic E-state index is 12.3. The molecule has 1 N–H and O–H groups in total. The average molecular weight is 894 g/mol. The number of alkyl halides is 3. The number of nitrogens with zero attached hydrogens (tertiary/aromatic N) is 8. The van der Waals surface area contributed by atoms with Gasteiger partial charge in [0.15, 0.2) is 0 Å². The van der Waals surface area contributed by atoms with E-state index in [9.17, 15) is 18.0 Å². The highest BCUT2D eigenvalue weighted by atomic mass is 19.4. The molecule has 0 aliphatic carbocycles. The van der Waals surface area contributed by atoms with Crippen molar-refractivity contribution in [3.8, 4) is 0 Å². The van der Waals surface area contributed by atoms with E-state index in [-0.39, 0.29) is 30.3 Å². The number of piperazine rings is 4. The van der Waals surface area contributed by atoms with Gasteiger partial charge < -0.3 is 24.6 Å². The molecule has 5 aliphatic rings. The fourth-order valence-corrected chi connectivity index (χ4v) is 7.56. The number of carbonyl (C=O) groups is 1. The zero-order valence-electron chi connectivity index (χ0n) is 43.6. The predicted octanol–water partition coefficient (Wildman–Crippen LogP) is 7.10. The molecule has 0 unspecified atom stereocenters. The largest absolute Gasteiger partial charge is 0.460 e. The molecule has 5 aliphatic heterocycles. The second-order valence-corrected chi connectivity index (χ2v) is 23.4. The summed E-state index contributed by atoms with van der Waals surface area (Å²) in [6, 6.07) is 0. The second-order valence-electron chi connectivity index (χ2n) is 23.4. The Kier molecular flexibility index (Phi) is 23.7. The van der Waals surface area contributed by atoms with Gasteiger partial charge in [-0.2, -0.15) is 13.2 Å². The van der Waals surface area contributed by atoms with E-state index in [1.807, 2.05) is 41.5 Å². The van der Waals surface area contributed by atoms with Crippen molar-refractivity contribution in [1.29, 1.82) is 0 Å². The minimum Gasteiger partial charge on any atom is -0.444 e.